The molecule has 0 aliphatic carbocycles. The zero-order valence-electron chi connectivity index (χ0n) is 6.95. The van der Waals surface area contributed by atoms with E-state index in [9.17, 15) is 20.2 Å². The molecule has 15 heavy (non-hydrogen) atoms. The van der Waals surface area contributed by atoms with Crippen LogP contribution in [0.5, 0.6) is 0 Å². The number of nitro groups is 2. The van der Waals surface area contributed by atoms with Crippen LogP contribution in [0, 0.1) is 25.6 Å². The zero-order chi connectivity index (χ0) is 11.6. The van der Waals surface area contributed by atoms with Crippen LogP contribution in [-0.2, 0) is 0 Å². The number of hydrogen-bond acceptors (Lipinski definition) is 8. The molecule has 0 radical (unpaired) electrons. The summed E-state index contributed by atoms with van der Waals surface area (Å²) in [5.74, 6) is -2.61. The molecule has 1 aliphatic heterocycles. The van der Waals surface area contributed by atoms with E-state index in [1.807, 2.05) is 5.43 Å². The van der Waals surface area contributed by atoms with Gasteiger partial charge in [-0.05, 0) is 14.9 Å². The lowest BCUT2D eigenvalue weighted by Crippen LogP contribution is -2.57. The summed E-state index contributed by atoms with van der Waals surface area (Å²) in [6.45, 7) is 0. The maximum absolute atomic E-state index is 10.3. The van der Waals surface area contributed by atoms with Gasteiger partial charge in [0.1, 0.15) is 10.2 Å². The van der Waals surface area contributed by atoms with Crippen LogP contribution < -0.4 is 11.2 Å². The van der Waals surface area contributed by atoms with Crippen molar-refractivity contribution in [2.45, 2.75) is 0 Å². The fourth-order valence-corrected chi connectivity index (χ4v) is 0.673. The second kappa shape index (κ2) is 3.52. The number of rotatable bonds is 0. The molecule has 0 aromatic carbocycles. The summed E-state index contributed by atoms with van der Waals surface area (Å²) in [4.78, 5) is 18.6. The van der Waals surface area contributed by atoms with Gasteiger partial charge in [-0.1, -0.05) is 0 Å². The minimum absolute atomic E-state index is 0.325. The van der Waals surface area contributed by atoms with Gasteiger partial charge in [0, 0.05) is 0 Å². The standard InChI is InChI=1S/C3H4N8O4/c4-1(5)9-3(11(14)15)7-6-2(8-9)10(12)13/h(H3,4,5)(H,6,8). The van der Waals surface area contributed by atoms with Crippen LogP contribution in [0.25, 0.3) is 0 Å². The normalized spacial score (nSPS) is 14.8. The smallest absolute Gasteiger partial charge is 0.390 e. The van der Waals surface area contributed by atoms with Crippen LogP contribution in [0.3, 0.4) is 0 Å². The van der Waals surface area contributed by atoms with E-state index in [0.717, 1.165) is 0 Å². The highest BCUT2D eigenvalue weighted by molar-refractivity contribution is 5.96. The fourth-order valence-electron chi connectivity index (χ4n) is 0.673. The molecule has 0 spiro atoms. The van der Waals surface area contributed by atoms with Gasteiger partial charge in [0.2, 0.25) is 0 Å². The van der Waals surface area contributed by atoms with E-state index < -0.39 is 27.7 Å². The predicted octanol–water partition coefficient (Wildman–Crippen LogP) is -2.12. The van der Waals surface area contributed by atoms with E-state index in [1.54, 1.807) is 0 Å². The van der Waals surface area contributed by atoms with Gasteiger partial charge < -0.3 is 26.0 Å². The lowest BCUT2D eigenvalue weighted by molar-refractivity contribution is -0.373. The number of hydrogen-bond donors (Lipinski definition) is 3. The molecule has 0 saturated heterocycles. The predicted molar refractivity (Wildman–Crippen MR) is 45.7 cm³/mol. The van der Waals surface area contributed by atoms with Gasteiger partial charge in [0.05, 0.1) is 0 Å². The Bertz CT molecular complexity index is 397. The Hall–Kier alpha value is -2.79. The van der Waals surface area contributed by atoms with Crippen molar-refractivity contribution < 1.29 is 9.85 Å². The molecule has 0 fully saturated rings. The van der Waals surface area contributed by atoms with Crippen LogP contribution in [0.1, 0.15) is 0 Å². The second-order valence-electron chi connectivity index (χ2n) is 2.17. The highest BCUT2D eigenvalue weighted by atomic mass is 16.6. The molecule has 12 nitrogen and oxygen atoms in total. The largest absolute Gasteiger partial charge is 0.509 e. The minimum Gasteiger partial charge on any atom is -0.390 e. The monoisotopic (exact) mass is 216 g/mol. The summed E-state index contributed by atoms with van der Waals surface area (Å²) in [6, 6.07) is 0. The van der Waals surface area contributed by atoms with E-state index in [2.05, 4.69) is 10.2 Å². The third-order valence-corrected chi connectivity index (χ3v) is 1.22. The quantitative estimate of drug-likeness (QED) is 0.179. The first-order chi connectivity index (χ1) is 6.93. The second-order valence-corrected chi connectivity index (χ2v) is 2.17. The molecule has 1 aliphatic rings. The first-order valence-electron chi connectivity index (χ1n) is 3.28. The number of nitrogens with zero attached hydrogens (tertiary/aromatic N) is 5. The van der Waals surface area contributed by atoms with Crippen LogP contribution in [0.15, 0.2) is 10.2 Å². The number of hydrazine groups is 1. The third kappa shape index (κ3) is 1.93. The summed E-state index contributed by atoms with van der Waals surface area (Å²) in [5, 5.41) is 33.7. The average molecular weight is 216 g/mol. The van der Waals surface area contributed by atoms with Crippen LogP contribution in [0.4, 0.5) is 0 Å². The fraction of sp³-hybridized carbons (Fsp3) is 0. The van der Waals surface area contributed by atoms with Gasteiger partial charge in [0.15, 0.2) is 0 Å². The van der Waals surface area contributed by atoms with E-state index >= 15 is 0 Å². The van der Waals surface area contributed by atoms with E-state index in [1.165, 1.54) is 0 Å². The maximum Gasteiger partial charge on any atom is 0.509 e. The molecule has 80 valence electrons. The van der Waals surface area contributed by atoms with Crippen molar-refractivity contribution in [3.63, 3.8) is 0 Å². The van der Waals surface area contributed by atoms with Gasteiger partial charge in [-0.3, -0.25) is 5.41 Å². The molecule has 1 rings (SSSR count). The molecule has 1 heterocycles. The van der Waals surface area contributed by atoms with E-state index in [4.69, 9.17) is 11.1 Å². The van der Waals surface area contributed by atoms with Gasteiger partial charge in [-0.2, -0.15) is 0 Å². The summed E-state index contributed by atoms with van der Waals surface area (Å²) in [7, 11) is 0. The molecule has 12 heteroatoms. The zero-order valence-corrected chi connectivity index (χ0v) is 6.95. The third-order valence-electron chi connectivity index (χ3n) is 1.22. The van der Waals surface area contributed by atoms with Gasteiger partial charge in [-0.25, -0.2) is 0 Å². The first-order valence-corrected chi connectivity index (χ1v) is 3.28. The van der Waals surface area contributed by atoms with Crippen molar-refractivity contribution in [3.8, 4) is 0 Å². The van der Waals surface area contributed by atoms with Crippen LogP contribution in [0.2, 0.25) is 0 Å². The van der Waals surface area contributed by atoms with Crippen molar-refractivity contribution in [2.75, 3.05) is 0 Å². The van der Waals surface area contributed by atoms with Crippen LogP contribution in [-0.4, -0.2) is 32.7 Å². The summed E-state index contributed by atoms with van der Waals surface area (Å²) >= 11 is 0. The molecule has 0 saturated carbocycles. The molecule has 4 N–H and O–H groups in total. The molecule has 0 aromatic rings. The van der Waals surface area contributed by atoms with Gasteiger partial charge in [-0.15, -0.1) is 5.43 Å². The Morgan fingerprint density at radius 1 is 1.40 bits per heavy atom. The highest BCUT2D eigenvalue weighted by Crippen LogP contribution is 1.97. The Labute approximate surface area is 80.8 Å². The number of guanidine groups is 3. The Kier molecular flexibility index (Phi) is 2.42. The summed E-state index contributed by atoms with van der Waals surface area (Å²) in [6.07, 6.45) is 0. The molecular formula is C3H4N8O4. The van der Waals surface area contributed by atoms with E-state index in [-0.39, 0.29) is 0 Å². The lowest BCUT2D eigenvalue weighted by Gasteiger charge is -2.13. The minimum atomic E-state index is -0.991. The number of nitrogens with two attached hydrogens (primary N) is 1. The van der Waals surface area contributed by atoms with Crippen molar-refractivity contribution in [1.29, 1.82) is 5.41 Å². The van der Waals surface area contributed by atoms with Gasteiger partial charge in [0.25, 0.3) is 5.96 Å². The molecule has 0 unspecified atom stereocenters. The maximum atomic E-state index is 10.3. The lowest BCUT2D eigenvalue weighted by atomic mass is 10.8. The Morgan fingerprint density at radius 3 is 2.40 bits per heavy atom. The molecule has 0 aromatic heterocycles. The van der Waals surface area contributed by atoms with Gasteiger partial charge >= 0.3 is 11.9 Å². The molecule has 0 atom stereocenters. The SMILES string of the molecule is N=C(N)N1NC([N+](=O)[O-])=NN=C1[N+](=O)[O-]. The van der Waals surface area contributed by atoms with Crippen LogP contribution >= 0.6 is 0 Å². The summed E-state index contributed by atoms with van der Waals surface area (Å²) < 4.78 is 0. The topological polar surface area (TPSA) is 176 Å². The van der Waals surface area contributed by atoms with Crippen molar-refractivity contribution in [1.82, 2.24) is 10.4 Å². The molecular weight excluding hydrogens is 212 g/mol. The first kappa shape index (κ1) is 10.3. The molecule has 0 bridgehead atoms. The van der Waals surface area contributed by atoms with Crippen molar-refractivity contribution in [2.24, 2.45) is 15.9 Å². The number of nitrogens with one attached hydrogen (secondary N) is 2. The molecule has 0 amide bonds. The Balaban J connectivity index is 3.07. The van der Waals surface area contributed by atoms with Crippen molar-refractivity contribution >= 4 is 17.9 Å². The highest BCUT2D eigenvalue weighted by Gasteiger charge is 2.39. The van der Waals surface area contributed by atoms with E-state index in [0.29, 0.717) is 5.01 Å². The van der Waals surface area contributed by atoms with Crippen molar-refractivity contribution in [3.05, 3.63) is 20.2 Å². The Morgan fingerprint density at radius 2 is 2.00 bits per heavy atom. The average Bonchev–Trinajstić information content (AvgIpc) is 2.16. The summed E-state index contributed by atoms with van der Waals surface area (Å²) in [5.41, 5.74) is 6.79.